The average Bonchev–Trinajstić information content (AvgIpc) is 2.74. The molecule has 0 atom stereocenters. The molecule has 0 saturated carbocycles. The van der Waals surface area contributed by atoms with Gasteiger partial charge in [0.15, 0.2) is 11.1 Å². The molecular weight excluding hydrogens is 244 g/mol. The van der Waals surface area contributed by atoms with E-state index < -0.39 is 11.1 Å². The predicted octanol–water partition coefficient (Wildman–Crippen LogP) is 1.85. The zero-order valence-corrected chi connectivity index (χ0v) is 12.5. The van der Waals surface area contributed by atoms with Crippen LogP contribution in [0.25, 0.3) is 0 Å². The molecule has 105 valence electrons. The van der Waals surface area contributed by atoms with Crippen molar-refractivity contribution in [1.29, 1.82) is 0 Å². The zero-order valence-electron chi connectivity index (χ0n) is 12.5. The Kier molecular flexibility index (Phi) is 2.89. The first-order chi connectivity index (χ1) is 8.66. The maximum Gasteiger partial charge on any atom is 0.391 e. The molecule has 1 saturated heterocycles. The van der Waals surface area contributed by atoms with Gasteiger partial charge in [0.25, 0.3) is 0 Å². The molecule has 6 heteroatoms. The van der Waals surface area contributed by atoms with Gasteiger partial charge in [0.05, 0.1) is 0 Å². The molecule has 0 amide bonds. The van der Waals surface area contributed by atoms with Crippen LogP contribution in [0, 0.1) is 4.91 Å². The van der Waals surface area contributed by atoms with E-state index in [-0.39, 0.29) is 5.82 Å². The van der Waals surface area contributed by atoms with Crippen LogP contribution in [0.3, 0.4) is 0 Å². The van der Waals surface area contributed by atoms with Crippen molar-refractivity contribution >= 4 is 0 Å². The maximum absolute atomic E-state index is 12.6. The van der Waals surface area contributed by atoms with Crippen LogP contribution in [0.15, 0.2) is 24.0 Å². The second-order valence-electron chi connectivity index (χ2n) is 6.05. The first-order valence-electron chi connectivity index (χ1n) is 6.53. The fraction of sp³-hybridized carbons (Fsp3) is 0.692. The highest BCUT2D eigenvalue weighted by atomic mass is 16.5. The van der Waals surface area contributed by atoms with E-state index in [1.54, 1.807) is 27.7 Å². The molecule has 0 aromatic heterocycles. The number of nitroso groups, excluding NO2 is 1. The van der Waals surface area contributed by atoms with E-state index in [2.05, 4.69) is 0 Å². The summed E-state index contributed by atoms with van der Waals surface area (Å²) in [5.41, 5.74) is -1.56. The quantitative estimate of drug-likeness (QED) is 0.680. The highest BCUT2D eigenvalue weighted by Crippen LogP contribution is 2.43. The van der Waals surface area contributed by atoms with E-state index in [0.29, 0.717) is 12.4 Å². The van der Waals surface area contributed by atoms with E-state index in [1.165, 1.54) is 0 Å². The van der Waals surface area contributed by atoms with E-state index in [9.17, 15) is 10.1 Å². The molecule has 2 rings (SSSR count). The van der Waals surface area contributed by atoms with Gasteiger partial charge >= 0.3 is 5.82 Å². The van der Waals surface area contributed by atoms with Crippen LogP contribution < -0.4 is 0 Å². The Hall–Kier alpha value is -1.56. The lowest BCUT2D eigenvalue weighted by Crippen LogP contribution is -2.50. The van der Waals surface area contributed by atoms with Crippen LogP contribution in [0.5, 0.6) is 0 Å². The summed E-state index contributed by atoms with van der Waals surface area (Å²) in [5, 5.41) is 13.4. The zero-order chi connectivity index (χ0) is 14.6. The maximum atomic E-state index is 12.6. The van der Waals surface area contributed by atoms with Gasteiger partial charge in [-0.3, -0.25) is 0 Å². The minimum absolute atomic E-state index is 0.185. The summed E-state index contributed by atoms with van der Waals surface area (Å²) in [7, 11) is 1.84. The fourth-order valence-electron chi connectivity index (χ4n) is 2.36. The summed E-state index contributed by atoms with van der Waals surface area (Å²) in [4.78, 5) is 16.3. The van der Waals surface area contributed by atoms with E-state index >= 15 is 0 Å². The molecule has 0 aliphatic carbocycles. The summed E-state index contributed by atoms with van der Waals surface area (Å²) in [6.45, 7) is 9.91. The normalized spacial score (nSPS) is 28.8. The summed E-state index contributed by atoms with van der Waals surface area (Å²) < 4.78 is 0.849. The van der Waals surface area contributed by atoms with Gasteiger partial charge in [-0.1, -0.05) is 9.97 Å². The molecule has 2 heterocycles. The van der Waals surface area contributed by atoms with Gasteiger partial charge in [0, 0.05) is 31.2 Å². The highest BCUT2D eigenvalue weighted by molar-refractivity contribution is 5.20. The third-order valence-electron chi connectivity index (χ3n) is 4.51. The molecule has 0 N–H and O–H groups in total. The summed E-state index contributed by atoms with van der Waals surface area (Å²) in [5.74, 6) is 0.829. The molecule has 2 aliphatic rings. The van der Waals surface area contributed by atoms with Crippen LogP contribution in [0.4, 0.5) is 0 Å². The molecular formula is C13H22N4O2+. The van der Waals surface area contributed by atoms with Gasteiger partial charge in [0.2, 0.25) is 5.82 Å². The van der Waals surface area contributed by atoms with Crippen LogP contribution >= 0.6 is 0 Å². The number of hydrogen-bond donors (Lipinski definition) is 0. The van der Waals surface area contributed by atoms with Crippen molar-refractivity contribution < 1.29 is 9.97 Å². The monoisotopic (exact) mass is 266 g/mol. The van der Waals surface area contributed by atoms with Gasteiger partial charge in [-0.15, -0.1) is 0 Å². The van der Waals surface area contributed by atoms with Crippen molar-refractivity contribution in [1.82, 2.24) is 14.9 Å². The van der Waals surface area contributed by atoms with Gasteiger partial charge in [-0.05, 0) is 39.4 Å². The average molecular weight is 266 g/mol. The van der Waals surface area contributed by atoms with E-state index in [1.807, 2.05) is 36.2 Å². The molecule has 1 fully saturated rings. The van der Waals surface area contributed by atoms with Crippen LogP contribution in [-0.4, -0.2) is 44.3 Å². The Balaban J connectivity index is 2.61. The third-order valence-corrected chi connectivity index (χ3v) is 4.51. The molecule has 6 nitrogen and oxygen atoms in total. The van der Waals surface area contributed by atoms with Crippen LogP contribution in [0.1, 0.15) is 34.6 Å². The van der Waals surface area contributed by atoms with Gasteiger partial charge < -0.3 is 9.80 Å². The minimum Gasteiger partial charge on any atom is -0.329 e. The molecule has 0 aromatic rings. The second-order valence-corrected chi connectivity index (χ2v) is 6.05. The summed E-state index contributed by atoms with van der Waals surface area (Å²) in [6.07, 6.45) is 3.73. The third kappa shape index (κ3) is 1.59. The Bertz CT molecular complexity index is 479. The van der Waals surface area contributed by atoms with E-state index in [4.69, 9.17) is 0 Å². The minimum atomic E-state index is -0.778. The summed E-state index contributed by atoms with van der Waals surface area (Å²) in [6, 6.07) is 0. The Labute approximate surface area is 114 Å². The first-order valence-corrected chi connectivity index (χ1v) is 6.53. The van der Waals surface area contributed by atoms with Crippen molar-refractivity contribution in [3.05, 3.63) is 28.9 Å². The van der Waals surface area contributed by atoms with Crippen molar-refractivity contribution in [2.24, 2.45) is 0 Å². The van der Waals surface area contributed by atoms with Gasteiger partial charge in [0.1, 0.15) is 0 Å². The fourth-order valence-corrected chi connectivity index (χ4v) is 2.36. The first kappa shape index (κ1) is 13.9. The molecule has 0 spiro atoms. The second kappa shape index (κ2) is 3.96. The van der Waals surface area contributed by atoms with Crippen molar-refractivity contribution in [2.75, 3.05) is 13.6 Å². The van der Waals surface area contributed by atoms with Crippen molar-refractivity contribution in [3.8, 4) is 0 Å². The van der Waals surface area contributed by atoms with E-state index in [0.717, 1.165) is 9.82 Å². The molecule has 0 aromatic carbocycles. The largest absolute Gasteiger partial charge is 0.391 e. The van der Waals surface area contributed by atoms with Crippen molar-refractivity contribution in [2.45, 2.75) is 45.7 Å². The SMILES string of the molecule is CCN1C=CN(C)/C1=C1/N([O])C(C)(C)C(C)(C)[N+]1=O. The number of nitrogens with zero attached hydrogens (tertiary/aromatic N) is 4. The van der Waals surface area contributed by atoms with Crippen LogP contribution in [0.2, 0.25) is 0 Å². The molecule has 2 aliphatic heterocycles. The Morgan fingerprint density at radius 1 is 1.21 bits per heavy atom. The topological polar surface area (TPSA) is 49.7 Å². The number of hydroxylamine groups is 2. The molecule has 0 bridgehead atoms. The standard InChI is InChI=1S/C13H22N4O2/c1-7-15-9-8-14(6)10(15)11-16(18)12(2,3)13(4,5)17(11)19/h8-9H,7H2,1-6H3/q+1. The van der Waals surface area contributed by atoms with Gasteiger partial charge in [-0.25, -0.2) is 0 Å². The van der Waals surface area contributed by atoms with Crippen molar-refractivity contribution in [3.63, 3.8) is 0 Å². The Morgan fingerprint density at radius 3 is 2.21 bits per heavy atom. The van der Waals surface area contributed by atoms with Crippen LogP contribution in [-0.2, 0) is 5.21 Å². The molecule has 1 radical (unpaired) electrons. The Morgan fingerprint density at radius 2 is 1.79 bits per heavy atom. The number of rotatable bonds is 1. The smallest absolute Gasteiger partial charge is 0.329 e. The summed E-state index contributed by atoms with van der Waals surface area (Å²) >= 11 is 0. The van der Waals surface area contributed by atoms with Gasteiger partial charge in [-0.2, -0.15) is 0 Å². The molecule has 19 heavy (non-hydrogen) atoms. The predicted molar refractivity (Wildman–Crippen MR) is 70.6 cm³/mol. The number of hydrogen-bond acceptors (Lipinski definition) is 4. The molecule has 0 unspecified atom stereocenters. The lowest BCUT2D eigenvalue weighted by Gasteiger charge is -2.25. The lowest BCUT2D eigenvalue weighted by molar-refractivity contribution is -0.570. The highest BCUT2D eigenvalue weighted by Gasteiger charge is 2.67. The lowest BCUT2D eigenvalue weighted by atomic mass is 9.84.